The molecule has 24 heavy (non-hydrogen) atoms. The molecule has 0 aliphatic carbocycles. The number of hydrogen-bond donors (Lipinski definition) is 2. The lowest BCUT2D eigenvalue weighted by molar-refractivity contribution is 0.0367. The van der Waals surface area contributed by atoms with E-state index in [4.69, 9.17) is 10.5 Å². The van der Waals surface area contributed by atoms with Crippen LogP contribution in [0.3, 0.4) is 0 Å². The summed E-state index contributed by atoms with van der Waals surface area (Å²) in [5, 5.41) is 2.57. The maximum absolute atomic E-state index is 11.6. The van der Waals surface area contributed by atoms with Gasteiger partial charge in [-0.3, -0.25) is 9.78 Å². The van der Waals surface area contributed by atoms with E-state index in [0.29, 0.717) is 18.7 Å². The normalized spacial score (nSPS) is 17.6. The topological polar surface area (TPSA) is 106 Å². The monoisotopic (exact) mass is 328 g/mol. The summed E-state index contributed by atoms with van der Waals surface area (Å²) in [4.78, 5) is 26.5. The number of ether oxygens (including phenoxy) is 1. The van der Waals surface area contributed by atoms with Gasteiger partial charge in [-0.15, -0.1) is 0 Å². The number of carbonyl (C=O) groups is 1. The van der Waals surface area contributed by atoms with Crippen LogP contribution in [0.5, 0.6) is 0 Å². The third-order valence-electron chi connectivity index (χ3n) is 3.85. The minimum Gasteiger partial charge on any atom is -0.368 e. The number of anilines is 2. The second-order valence-corrected chi connectivity index (χ2v) is 5.58. The van der Waals surface area contributed by atoms with Crippen LogP contribution in [0.2, 0.25) is 0 Å². The van der Waals surface area contributed by atoms with E-state index < -0.39 is 0 Å². The lowest BCUT2D eigenvalue weighted by atomic mass is 10.1. The van der Waals surface area contributed by atoms with Crippen LogP contribution in [0.4, 0.5) is 11.8 Å². The van der Waals surface area contributed by atoms with E-state index in [1.54, 1.807) is 19.3 Å². The first-order valence-electron chi connectivity index (χ1n) is 7.72. The summed E-state index contributed by atoms with van der Waals surface area (Å²) >= 11 is 0. The van der Waals surface area contributed by atoms with E-state index in [1.165, 1.54) is 0 Å². The zero-order chi connectivity index (χ0) is 17.1. The van der Waals surface area contributed by atoms with Crippen molar-refractivity contribution >= 4 is 17.7 Å². The summed E-state index contributed by atoms with van der Waals surface area (Å²) in [7, 11) is 1.59. The van der Waals surface area contributed by atoms with Gasteiger partial charge in [0, 0.05) is 31.5 Å². The van der Waals surface area contributed by atoms with Crippen molar-refractivity contribution < 1.29 is 9.53 Å². The molecule has 1 amide bonds. The fraction of sp³-hybridized carbons (Fsp3) is 0.375. The minimum absolute atomic E-state index is 0.160. The maximum atomic E-state index is 11.6. The molecule has 0 bridgehead atoms. The number of nitrogens with zero attached hydrogens (tertiary/aromatic N) is 4. The SMILES string of the molecule is CNC(=O)c1ccc(C2CN(c3cc(C)nc(N)n3)CCO2)nc1. The van der Waals surface area contributed by atoms with Crippen LogP contribution in [0.1, 0.15) is 27.8 Å². The van der Waals surface area contributed by atoms with Crippen molar-refractivity contribution in [3.8, 4) is 0 Å². The summed E-state index contributed by atoms with van der Waals surface area (Å²) in [6.45, 7) is 3.79. The van der Waals surface area contributed by atoms with Crippen LogP contribution in [0.25, 0.3) is 0 Å². The van der Waals surface area contributed by atoms with Gasteiger partial charge in [-0.2, -0.15) is 4.98 Å². The Morgan fingerprint density at radius 1 is 1.42 bits per heavy atom. The highest BCUT2D eigenvalue weighted by Crippen LogP contribution is 2.24. The Labute approximate surface area is 140 Å². The van der Waals surface area contributed by atoms with Crippen molar-refractivity contribution in [2.24, 2.45) is 0 Å². The van der Waals surface area contributed by atoms with E-state index >= 15 is 0 Å². The highest BCUT2D eigenvalue weighted by molar-refractivity contribution is 5.93. The Hall–Kier alpha value is -2.74. The number of morpholine rings is 1. The molecule has 1 aliphatic rings. The second kappa shape index (κ2) is 6.79. The molecule has 0 radical (unpaired) electrons. The Morgan fingerprint density at radius 3 is 2.92 bits per heavy atom. The molecule has 1 unspecified atom stereocenters. The van der Waals surface area contributed by atoms with Gasteiger partial charge in [0.15, 0.2) is 0 Å². The van der Waals surface area contributed by atoms with Gasteiger partial charge in [0.1, 0.15) is 11.9 Å². The first-order valence-corrected chi connectivity index (χ1v) is 7.72. The van der Waals surface area contributed by atoms with Crippen molar-refractivity contribution in [2.45, 2.75) is 13.0 Å². The number of nitrogen functional groups attached to an aromatic ring is 1. The van der Waals surface area contributed by atoms with Gasteiger partial charge in [-0.05, 0) is 19.1 Å². The molecule has 0 saturated carbocycles. The summed E-state index contributed by atoms with van der Waals surface area (Å²) in [5.74, 6) is 0.892. The number of aromatic nitrogens is 3. The molecule has 8 heteroatoms. The number of rotatable bonds is 3. The Morgan fingerprint density at radius 2 is 2.25 bits per heavy atom. The number of nitrogens with one attached hydrogen (secondary N) is 1. The van der Waals surface area contributed by atoms with Crippen molar-refractivity contribution in [3.05, 3.63) is 41.3 Å². The maximum Gasteiger partial charge on any atom is 0.252 e. The predicted octanol–water partition coefficient (Wildman–Crippen LogP) is 0.700. The number of hydrogen-bond acceptors (Lipinski definition) is 7. The van der Waals surface area contributed by atoms with Crippen LogP contribution in [0, 0.1) is 6.92 Å². The largest absolute Gasteiger partial charge is 0.368 e. The van der Waals surface area contributed by atoms with Crippen LogP contribution in [0.15, 0.2) is 24.4 Å². The zero-order valence-corrected chi connectivity index (χ0v) is 13.7. The first-order chi connectivity index (χ1) is 11.6. The molecule has 3 rings (SSSR count). The van der Waals surface area contributed by atoms with Gasteiger partial charge in [-0.25, -0.2) is 4.98 Å². The molecular formula is C16H20N6O2. The lowest BCUT2D eigenvalue weighted by Gasteiger charge is -2.33. The van der Waals surface area contributed by atoms with Crippen LogP contribution in [-0.2, 0) is 4.74 Å². The average Bonchev–Trinajstić information content (AvgIpc) is 2.60. The van der Waals surface area contributed by atoms with E-state index in [2.05, 4.69) is 25.2 Å². The predicted molar refractivity (Wildman–Crippen MR) is 89.7 cm³/mol. The number of nitrogens with two attached hydrogens (primary N) is 1. The van der Waals surface area contributed by atoms with E-state index in [1.807, 2.05) is 19.1 Å². The Kier molecular flexibility index (Phi) is 4.57. The fourth-order valence-corrected chi connectivity index (χ4v) is 2.65. The smallest absolute Gasteiger partial charge is 0.252 e. The van der Waals surface area contributed by atoms with Crippen molar-refractivity contribution in [1.29, 1.82) is 0 Å². The van der Waals surface area contributed by atoms with Crippen molar-refractivity contribution in [2.75, 3.05) is 37.4 Å². The summed E-state index contributed by atoms with van der Waals surface area (Å²) < 4.78 is 5.82. The average molecular weight is 328 g/mol. The second-order valence-electron chi connectivity index (χ2n) is 5.58. The summed E-state index contributed by atoms with van der Waals surface area (Å²) in [5.41, 5.74) is 7.87. The molecule has 3 N–H and O–H groups in total. The number of carbonyl (C=O) groups excluding carboxylic acids is 1. The fourth-order valence-electron chi connectivity index (χ4n) is 2.65. The van der Waals surface area contributed by atoms with Gasteiger partial charge in [0.05, 0.1) is 24.4 Å². The molecule has 126 valence electrons. The molecule has 2 aromatic rings. The van der Waals surface area contributed by atoms with Crippen LogP contribution < -0.4 is 16.0 Å². The standard InChI is InChI=1S/C16H20N6O2/c1-10-7-14(21-16(17)20-10)22-5-6-24-13(9-22)12-4-3-11(8-19-12)15(23)18-2/h3-4,7-8,13H,5-6,9H2,1-2H3,(H,18,23)(H2,17,20,21). The molecule has 1 aliphatic heterocycles. The van der Waals surface area contributed by atoms with Gasteiger partial charge in [-0.1, -0.05) is 0 Å². The molecule has 1 atom stereocenters. The molecule has 1 fully saturated rings. The minimum atomic E-state index is -0.186. The van der Waals surface area contributed by atoms with Crippen molar-refractivity contribution in [3.63, 3.8) is 0 Å². The van der Waals surface area contributed by atoms with Gasteiger partial charge < -0.3 is 20.7 Å². The van der Waals surface area contributed by atoms with Gasteiger partial charge >= 0.3 is 0 Å². The zero-order valence-electron chi connectivity index (χ0n) is 13.7. The van der Waals surface area contributed by atoms with E-state index in [9.17, 15) is 4.79 Å². The number of pyridine rings is 1. The molecular weight excluding hydrogens is 308 g/mol. The Bertz CT molecular complexity index is 714. The highest BCUT2D eigenvalue weighted by atomic mass is 16.5. The molecule has 1 saturated heterocycles. The molecule has 2 aromatic heterocycles. The van der Waals surface area contributed by atoms with Crippen LogP contribution in [-0.4, -0.2) is 47.6 Å². The highest BCUT2D eigenvalue weighted by Gasteiger charge is 2.24. The Balaban J connectivity index is 1.76. The van der Waals surface area contributed by atoms with Crippen LogP contribution >= 0.6 is 0 Å². The third-order valence-corrected chi connectivity index (χ3v) is 3.85. The first kappa shape index (κ1) is 16.1. The molecule has 0 aromatic carbocycles. The number of amides is 1. The van der Waals surface area contributed by atoms with Gasteiger partial charge in [0.25, 0.3) is 5.91 Å². The van der Waals surface area contributed by atoms with E-state index in [0.717, 1.165) is 23.8 Å². The number of aryl methyl sites for hydroxylation is 1. The van der Waals surface area contributed by atoms with E-state index in [-0.39, 0.29) is 18.0 Å². The van der Waals surface area contributed by atoms with Crippen molar-refractivity contribution in [1.82, 2.24) is 20.3 Å². The molecule has 8 nitrogen and oxygen atoms in total. The van der Waals surface area contributed by atoms with Gasteiger partial charge in [0.2, 0.25) is 5.95 Å². The third kappa shape index (κ3) is 3.43. The summed E-state index contributed by atoms with van der Waals surface area (Å²) in [6.07, 6.45) is 1.37. The lowest BCUT2D eigenvalue weighted by Crippen LogP contribution is -2.39. The molecule has 0 spiro atoms. The quantitative estimate of drug-likeness (QED) is 0.854. The summed E-state index contributed by atoms with van der Waals surface area (Å²) in [6, 6.07) is 5.47. The molecule has 3 heterocycles.